The predicted molar refractivity (Wildman–Crippen MR) is 125 cm³/mol. The van der Waals surface area contributed by atoms with E-state index in [1.807, 2.05) is 20.8 Å². The molecular weight excluding hydrogens is 416 g/mol. The average molecular weight is 459 g/mol. The summed E-state index contributed by atoms with van der Waals surface area (Å²) < 4.78 is 15.5. The van der Waals surface area contributed by atoms with Gasteiger partial charge in [0.1, 0.15) is 19.8 Å². The maximum absolute atomic E-state index is 11.6. The van der Waals surface area contributed by atoms with Gasteiger partial charge in [0.25, 0.3) is 0 Å². The van der Waals surface area contributed by atoms with Gasteiger partial charge in [0, 0.05) is 29.9 Å². The Labute approximate surface area is 192 Å². The first-order valence-electron chi connectivity index (χ1n) is 10.6. The molecule has 0 radical (unpaired) electrons. The van der Waals surface area contributed by atoms with Gasteiger partial charge in [-0.2, -0.15) is 0 Å². The van der Waals surface area contributed by atoms with Gasteiger partial charge < -0.3 is 24.4 Å². The zero-order valence-electron chi connectivity index (χ0n) is 20.6. The van der Waals surface area contributed by atoms with E-state index in [1.165, 1.54) is 20.8 Å². The second kappa shape index (κ2) is 20.5. The highest BCUT2D eigenvalue weighted by molar-refractivity contribution is 5.88. The minimum Gasteiger partial charge on any atom is -0.461 e. The zero-order chi connectivity index (χ0) is 25.7. The number of aliphatic hydroxyl groups excluding tert-OH is 2. The number of carbonyl (C=O) groups is 3. The fourth-order valence-corrected chi connectivity index (χ4v) is 1.46. The molecular formula is C24H42O8. The van der Waals surface area contributed by atoms with E-state index in [-0.39, 0.29) is 36.5 Å². The average Bonchev–Trinajstić information content (AvgIpc) is 2.78. The monoisotopic (exact) mass is 458 g/mol. The second-order valence-corrected chi connectivity index (χ2v) is 7.37. The van der Waals surface area contributed by atoms with Crippen LogP contribution < -0.4 is 0 Å². The molecule has 0 aromatic heterocycles. The Morgan fingerprint density at radius 3 is 1.00 bits per heavy atom. The van der Waals surface area contributed by atoms with Crippen molar-refractivity contribution in [2.75, 3.05) is 33.0 Å². The number of rotatable bonds is 12. The molecule has 8 nitrogen and oxygen atoms in total. The standard InChI is InChI=1S/C18H26O6.2C3H8O/c1-8-18(9-22-15(19)12(2)3,10-23-16(20)13(4)5)11-24-17(21)14(6)7;2*1-2-3-4/h2,4,6,8-11H2,1,3,5,7H3;2*4H,2-3H2,1H3. The number of hydrogen-bond donors (Lipinski definition) is 2. The van der Waals surface area contributed by atoms with Crippen molar-refractivity contribution in [1.82, 2.24) is 0 Å². The van der Waals surface area contributed by atoms with Crippen LogP contribution in [0.3, 0.4) is 0 Å². The lowest BCUT2D eigenvalue weighted by Crippen LogP contribution is -2.39. The summed E-state index contributed by atoms with van der Waals surface area (Å²) in [6, 6.07) is 0. The van der Waals surface area contributed by atoms with Gasteiger partial charge in [-0.05, 0) is 40.0 Å². The van der Waals surface area contributed by atoms with E-state index < -0.39 is 23.3 Å². The van der Waals surface area contributed by atoms with E-state index in [1.54, 1.807) is 0 Å². The highest BCUT2D eigenvalue weighted by Gasteiger charge is 2.34. The topological polar surface area (TPSA) is 119 Å². The summed E-state index contributed by atoms with van der Waals surface area (Å²) in [7, 11) is 0. The Balaban J connectivity index is -0.000000896. The molecule has 0 saturated heterocycles. The van der Waals surface area contributed by atoms with Crippen molar-refractivity contribution in [1.29, 1.82) is 0 Å². The predicted octanol–water partition coefficient (Wildman–Crippen LogP) is 3.52. The molecule has 186 valence electrons. The smallest absolute Gasteiger partial charge is 0.333 e. The van der Waals surface area contributed by atoms with Crippen LogP contribution in [0.5, 0.6) is 0 Å². The molecule has 0 aromatic carbocycles. The summed E-state index contributed by atoms with van der Waals surface area (Å²) in [5.41, 5.74) is -0.116. The largest absolute Gasteiger partial charge is 0.461 e. The molecule has 0 unspecified atom stereocenters. The van der Waals surface area contributed by atoms with Crippen molar-refractivity contribution in [2.45, 2.75) is 60.8 Å². The third-order valence-corrected chi connectivity index (χ3v) is 3.77. The maximum Gasteiger partial charge on any atom is 0.333 e. The first kappa shape index (κ1) is 34.2. The Morgan fingerprint density at radius 2 is 0.875 bits per heavy atom. The lowest BCUT2D eigenvalue weighted by molar-refractivity contribution is -0.157. The summed E-state index contributed by atoms with van der Waals surface area (Å²) in [6.45, 7) is 21.2. The Morgan fingerprint density at radius 1 is 0.656 bits per heavy atom. The van der Waals surface area contributed by atoms with Gasteiger partial charge in [0.05, 0.1) is 5.41 Å². The van der Waals surface area contributed by atoms with Crippen molar-refractivity contribution in [3.63, 3.8) is 0 Å². The van der Waals surface area contributed by atoms with Crippen LogP contribution in [0.1, 0.15) is 60.8 Å². The van der Waals surface area contributed by atoms with Crippen LogP contribution in [-0.4, -0.2) is 61.2 Å². The molecule has 0 aliphatic carbocycles. The molecule has 0 aliphatic rings. The third kappa shape index (κ3) is 18.3. The van der Waals surface area contributed by atoms with Crippen LogP contribution in [0.25, 0.3) is 0 Å². The van der Waals surface area contributed by atoms with Gasteiger partial charge in [0.15, 0.2) is 0 Å². The maximum atomic E-state index is 11.6. The van der Waals surface area contributed by atoms with Crippen LogP contribution >= 0.6 is 0 Å². The van der Waals surface area contributed by atoms with Crippen molar-refractivity contribution < 1.29 is 38.8 Å². The normalized spacial score (nSPS) is 9.75. The minimum absolute atomic E-state index is 0.0812. The molecule has 32 heavy (non-hydrogen) atoms. The van der Waals surface area contributed by atoms with Crippen LogP contribution in [0, 0.1) is 5.41 Å². The van der Waals surface area contributed by atoms with Crippen molar-refractivity contribution >= 4 is 17.9 Å². The van der Waals surface area contributed by atoms with E-state index in [2.05, 4.69) is 19.7 Å². The molecule has 0 amide bonds. The van der Waals surface area contributed by atoms with Crippen LogP contribution in [0.15, 0.2) is 36.5 Å². The van der Waals surface area contributed by atoms with Crippen molar-refractivity contribution in [3.05, 3.63) is 36.5 Å². The van der Waals surface area contributed by atoms with E-state index in [4.69, 9.17) is 24.4 Å². The number of esters is 3. The molecule has 2 N–H and O–H groups in total. The number of ether oxygens (including phenoxy) is 3. The van der Waals surface area contributed by atoms with Crippen molar-refractivity contribution in [3.8, 4) is 0 Å². The Kier molecular flexibility index (Phi) is 21.8. The summed E-state index contributed by atoms with van der Waals surface area (Å²) >= 11 is 0. The van der Waals surface area contributed by atoms with Gasteiger partial charge in [0.2, 0.25) is 0 Å². The van der Waals surface area contributed by atoms with Gasteiger partial charge in [-0.1, -0.05) is 40.5 Å². The fraction of sp³-hybridized carbons (Fsp3) is 0.625. The van der Waals surface area contributed by atoms with E-state index in [9.17, 15) is 14.4 Å². The van der Waals surface area contributed by atoms with Crippen LogP contribution in [-0.2, 0) is 28.6 Å². The Hall–Kier alpha value is -2.45. The molecule has 0 fully saturated rings. The first-order chi connectivity index (χ1) is 14.9. The number of carbonyl (C=O) groups excluding carboxylic acids is 3. The molecule has 8 heteroatoms. The van der Waals surface area contributed by atoms with Crippen LogP contribution in [0.4, 0.5) is 0 Å². The summed E-state index contributed by atoms with van der Waals surface area (Å²) in [4.78, 5) is 34.9. The molecule has 0 heterocycles. The number of aliphatic hydroxyl groups is 2. The molecule has 0 aliphatic heterocycles. The lowest BCUT2D eigenvalue weighted by atomic mass is 9.88. The molecule has 0 saturated carbocycles. The second-order valence-electron chi connectivity index (χ2n) is 7.37. The van der Waals surface area contributed by atoms with Gasteiger partial charge in [-0.3, -0.25) is 0 Å². The quantitative estimate of drug-likeness (QED) is 0.259. The lowest BCUT2D eigenvalue weighted by Gasteiger charge is -2.31. The van der Waals surface area contributed by atoms with Gasteiger partial charge in [-0.25, -0.2) is 14.4 Å². The minimum atomic E-state index is -0.860. The summed E-state index contributed by atoms with van der Waals surface area (Å²) in [6.07, 6.45) is 2.20. The molecule has 0 bridgehead atoms. The van der Waals surface area contributed by atoms with E-state index in [0.29, 0.717) is 19.6 Å². The van der Waals surface area contributed by atoms with E-state index >= 15 is 0 Å². The van der Waals surface area contributed by atoms with Crippen molar-refractivity contribution in [2.24, 2.45) is 5.41 Å². The highest BCUT2D eigenvalue weighted by Crippen LogP contribution is 2.25. The summed E-state index contributed by atoms with van der Waals surface area (Å²) in [5, 5.41) is 15.8. The molecule has 0 atom stereocenters. The van der Waals surface area contributed by atoms with Crippen LogP contribution in [0.2, 0.25) is 0 Å². The third-order valence-electron chi connectivity index (χ3n) is 3.77. The Bertz CT molecular complexity index is 525. The van der Waals surface area contributed by atoms with E-state index in [0.717, 1.165) is 12.8 Å². The molecule has 0 spiro atoms. The highest BCUT2D eigenvalue weighted by atomic mass is 16.6. The first-order valence-corrected chi connectivity index (χ1v) is 10.6. The molecule has 0 rings (SSSR count). The number of hydrogen-bond acceptors (Lipinski definition) is 8. The SMILES string of the molecule is C=C(C)C(=O)OCC(CC)(COC(=O)C(=C)C)COC(=O)C(=C)C.CCCO.CCCO. The fourth-order valence-electron chi connectivity index (χ4n) is 1.46. The summed E-state index contributed by atoms with van der Waals surface area (Å²) in [5.74, 6) is -1.69. The zero-order valence-corrected chi connectivity index (χ0v) is 20.6. The van der Waals surface area contributed by atoms with Gasteiger partial charge >= 0.3 is 17.9 Å². The van der Waals surface area contributed by atoms with Gasteiger partial charge in [-0.15, -0.1) is 0 Å². The molecule has 0 aromatic rings.